The van der Waals surface area contributed by atoms with Crippen LogP contribution in [0.2, 0.25) is 0 Å². The summed E-state index contributed by atoms with van der Waals surface area (Å²) in [5.74, 6) is 2.04. The van der Waals surface area contributed by atoms with Crippen LogP contribution in [-0.4, -0.2) is 32.8 Å². The van der Waals surface area contributed by atoms with Crippen LogP contribution in [-0.2, 0) is 19.6 Å². The second kappa shape index (κ2) is 6.53. The molecule has 1 N–H and O–H groups in total. The molecule has 0 saturated carbocycles. The number of aromatic nitrogens is 4. The van der Waals surface area contributed by atoms with Gasteiger partial charge in [0.2, 0.25) is 0 Å². The van der Waals surface area contributed by atoms with E-state index >= 15 is 0 Å². The van der Waals surface area contributed by atoms with Crippen LogP contribution in [0.15, 0.2) is 23.1 Å². The Morgan fingerprint density at radius 2 is 2.29 bits per heavy atom. The van der Waals surface area contributed by atoms with E-state index in [9.17, 15) is 0 Å². The van der Waals surface area contributed by atoms with E-state index in [1.165, 1.54) is 5.56 Å². The van der Waals surface area contributed by atoms with E-state index < -0.39 is 0 Å². The topological polar surface area (TPSA) is 58.9 Å². The summed E-state index contributed by atoms with van der Waals surface area (Å²) >= 11 is 3.51. The Hall–Kier alpha value is -1.47. The average Bonchev–Trinajstić information content (AvgIpc) is 2.95. The molecule has 0 amide bonds. The van der Waals surface area contributed by atoms with Crippen LogP contribution < -0.4 is 10.2 Å². The molecule has 2 aromatic rings. The van der Waals surface area contributed by atoms with Crippen LogP contribution in [0.25, 0.3) is 0 Å². The van der Waals surface area contributed by atoms with Gasteiger partial charge in [0.05, 0.1) is 6.54 Å². The molecular weight excluding hydrogens is 332 g/mol. The van der Waals surface area contributed by atoms with Crippen molar-refractivity contribution in [1.82, 2.24) is 25.1 Å². The van der Waals surface area contributed by atoms with Gasteiger partial charge < -0.3 is 14.8 Å². The normalized spacial score (nSPS) is 14.3. The zero-order chi connectivity index (χ0) is 14.7. The first-order chi connectivity index (χ1) is 10.3. The van der Waals surface area contributed by atoms with Gasteiger partial charge in [0.15, 0.2) is 5.82 Å². The van der Waals surface area contributed by atoms with Crippen molar-refractivity contribution in [3.05, 3.63) is 34.5 Å². The first-order valence-electron chi connectivity index (χ1n) is 7.24. The van der Waals surface area contributed by atoms with E-state index in [2.05, 4.69) is 58.9 Å². The molecule has 1 aliphatic rings. The van der Waals surface area contributed by atoms with Crippen molar-refractivity contribution in [3.8, 4) is 0 Å². The number of nitrogens with one attached hydrogen (secondary N) is 1. The fourth-order valence-electron chi connectivity index (χ4n) is 2.54. The smallest absolute Gasteiger partial charge is 0.152 e. The Bertz CT molecular complexity index is 611. The van der Waals surface area contributed by atoms with E-state index in [1.54, 1.807) is 6.33 Å². The van der Waals surface area contributed by atoms with Gasteiger partial charge in [-0.1, -0.05) is 6.92 Å². The molecule has 6 nitrogen and oxygen atoms in total. The van der Waals surface area contributed by atoms with Gasteiger partial charge in [0.1, 0.15) is 12.1 Å². The van der Waals surface area contributed by atoms with Crippen molar-refractivity contribution < 1.29 is 0 Å². The third-order valence-corrected chi connectivity index (χ3v) is 4.02. The fraction of sp³-hybridized carbons (Fsp3) is 0.500. The first kappa shape index (κ1) is 14.5. The summed E-state index contributed by atoms with van der Waals surface area (Å²) in [4.78, 5) is 6.90. The van der Waals surface area contributed by atoms with Crippen LogP contribution in [0.5, 0.6) is 0 Å². The number of anilines is 1. The fourth-order valence-corrected chi connectivity index (χ4v) is 2.91. The molecule has 3 heterocycles. The summed E-state index contributed by atoms with van der Waals surface area (Å²) in [5.41, 5.74) is 1.21. The number of pyridine rings is 1. The zero-order valence-corrected chi connectivity index (χ0v) is 13.7. The maximum atomic E-state index is 4.62. The van der Waals surface area contributed by atoms with E-state index in [0.29, 0.717) is 0 Å². The van der Waals surface area contributed by atoms with Crippen LogP contribution >= 0.6 is 15.9 Å². The number of rotatable bonds is 5. The number of halogens is 1. The van der Waals surface area contributed by atoms with Crippen LogP contribution in [0.3, 0.4) is 0 Å². The molecule has 3 rings (SSSR count). The standard InChI is InChI=1S/C14H19BrN6/c1-2-3-16-7-11-6-12(15)8-17-14(11)20-4-5-21-10-18-19-13(21)9-20/h6,8,10,16H,2-5,7,9H2,1H3. The van der Waals surface area contributed by atoms with Crippen molar-refractivity contribution in [1.29, 1.82) is 0 Å². The van der Waals surface area contributed by atoms with E-state index in [0.717, 1.165) is 55.3 Å². The molecule has 0 aliphatic carbocycles. The largest absolute Gasteiger partial charge is 0.347 e. The zero-order valence-electron chi connectivity index (χ0n) is 12.1. The molecule has 0 saturated heterocycles. The summed E-state index contributed by atoms with van der Waals surface area (Å²) in [5, 5.41) is 11.6. The second-order valence-electron chi connectivity index (χ2n) is 5.18. The molecule has 112 valence electrons. The molecule has 0 fully saturated rings. The molecule has 0 spiro atoms. The lowest BCUT2D eigenvalue weighted by Gasteiger charge is -2.29. The van der Waals surface area contributed by atoms with E-state index in [1.807, 2.05) is 6.20 Å². The maximum Gasteiger partial charge on any atom is 0.152 e. The quantitative estimate of drug-likeness (QED) is 0.835. The maximum absolute atomic E-state index is 4.62. The molecule has 21 heavy (non-hydrogen) atoms. The average molecular weight is 351 g/mol. The van der Waals surface area contributed by atoms with Crippen LogP contribution in [0.4, 0.5) is 5.82 Å². The monoisotopic (exact) mass is 350 g/mol. The van der Waals surface area contributed by atoms with Gasteiger partial charge in [-0.05, 0) is 35.0 Å². The van der Waals surface area contributed by atoms with Crippen LogP contribution in [0.1, 0.15) is 24.7 Å². The van der Waals surface area contributed by atoms with Crippen molar-refractivity contribution in [3.63, 3.8) is 0 Å². The van der Waals surface area contributed by atoms with Gasteiger partial charge in [-0.2, -0.15) is 0 Å². The molecule has 0 radical (unpaired) electrons. The summed E-state index contributed by atoms with van der Waals surface area (Å²) in [6.07, 6.45) is 4.78. The molecule has 0 bridgehead atoms. The third-order valence-electron chi connectivity index (χ3n) is 3.59. The predicted molar refractivity (Wildman–Crippen MR) is 85.0 cm³/mol. The summed E-state index contributed by atoms with van der Waals surface area (Å²) in [7, 11) is 0. The SMILES string of the molecule is CCCNCc1cc(Br)cnc1N1CCn2cnnc2C1. The van der Waals surface area contributed by atoms with Gasteiger partial charge in [0.25, 0.3) is 0 Å². The van der Waals surface area contributed by atoms with Gasteiger partial charge >= 0.3 is 0 Å². The Balaban J connectivity index is 1.81. The summed E-state index contributed by atoms with van der Waals surface area (Å²) in [6.45, 7) is 6.61. The van der Waals surface area contributed by atoms with E-state index in [-0.39, 0.29) is 0 Å². The van der Waals surface area contributed by atoms with Gasteiger partial charge in [0, 0.05) is 35.9 Å². The minimum atomic E-state index is 0.759. The van der Waals surface area contributed by atoms with Crippen molar-refractivity contribution in [2.75, 3.05) is 18.0 Å². The highest BCUT2D eigenvalue weighted by atomic mass is 79.9. The summed E-state index contributed by atoms with van der Waals surface area (Å²) in [6, 6.07) is 2.14. The van der Waals surface area contributed by atoms with Gasteiger partial charge in [-0.15, -0.1) is 10.2 Å². The van der Waals surface area contributed by atoms with Crippen molar-refractivity contribution >= 4 is 21.7 Å². The Kier molecular flexibility index (Phi) is 4.50. The second-order valence-corrected chi connectivity index (χ2v) is 6.09. The lowest BCUT2D eigenvalue weighted by molar-refractivity contribution is 0.553. The number of fused-ring (bicyclic) bond motifs is 1. The van der Waals surface area contributed by atoms with E-state index in [4.69, 9.17) is 0 Å². The Morgan fingerprint density at radius 3 is 3.14 bits per heavy atom. The highest BCUT2D eigenvalue weighted by Crippen LogP contribution is 2.24. The highest BCUT2D eigenvalue weighted by Gasteiger charge is 2.20. The predicted octanol–water partition coefficient (Wildman–Crippen LogP) is 1.96. The van der Waals surface area contributed by atoms with Crippen molar-refractivity contribution in [2.45, 2.75) is 33.0 Å². The molecule has 0 atom stereocenters. The molecule has 2 aromatic heterocycles. The summed E-state index contributed by atoms with van der Waals surface area (Å²) < 4.78 is 3.12. The van der Waals surface area contributed by atoms with Gasteiger partial charge in [-0.25, -0.2) is 4.98 Å². The molecule has 0 unspecified atom stereocenters. The van der Waals surface area contributed by atoms with Crippen LogP contribution in [0, 0.1) is 0 Å². The minimum absolute atomic E-state index is 0.759. The Labute approximate surface area is 132 Å². The minimum Gasteiger partial charge on any atom is -0.347 e. The number of hydrogen-bond acceptors (Lipinski definition) is 5. The molecule has 7 heteroatoms. The Morgan fingerprint density at radius 1 is 1.38 bits per heavy atom. The molecule has 1 aliphatic heterocycles. The first-order valence-corrected chi connectivity index (χ1v) is 8.04. The lowest BCUT2D eigenvalue weighted by Crippen LogP contribution is -2.35. The third kappa shape index (κ3) is 3.24. The lowest BCUT2D eigenvalue weighted by atomic mass is 10.2. The molecule has 0 aromatic carbocycles. The van der Waals surface area contributed by atoms with Crippen molar-refractivity contribution in [2.24, 2.45) is 0 Å². The molecular formula is C14H19BrN6. The highest BCUT2D eigenvalue weighted by molar-refractivity contribution is 9.10. The number of hydrogen-bond donors (Lipinski definition) is 1. The van der Waals surface area contributed by atoms with Gasteiger partial charge in [-0.3, -0.25) is 0 Å². The number of nitrogens with zero attached hydrogens (tertiary/aromatic N) is 5.